The lowest BCUT2D eigenvalue weighted by molar-refractivity contribution is -0.138. The first-order chi connectivity index (χ1) is 8.38. The number of sulfonamides is 1. The van der Waals surface area contributed by atoms with E-state index in [0.29, 0.717) is 18.5 Å². The molecule has 2 N–H and O–H groups in total. The number of carbonyl (C=O) groups is 1. The minimum atomic E-state index is -3.48. The van der Waals surface area contributed by atoms with Gasteiger partial charge < -0.3 is 5.11 Å². The predicted octanol–water partition coefficient (Wildman–Crippen LogP) is 1.56. The maximum atomic E-state index is 11.8. The van der Waals surface area contributed by atoms with E-state index in [1.165, 1.54) is 24.3 Å². The molecule has 0 bridgehead atoms. The number of nitrogens with one attached hydrogen (secondary N) is 1. The summed E-state index contributed by atoms with van der Waals surface area (Å²) >= 11 is 0. The van der Waals surface area contributed by atoms with Crippen molar-refractivity contribution in [1.82, 2.24) is 4.72 Å². The maximum absolute atomic E-state index is 11.8. The number of aliphatic carboxylic acids is 1. The Balaban J connectivity index is 2.92. The van der Waals surface area contributed by atoms with E-state index in [1.807, 2.05) is 6.92 Å². The summed E-state index contributed by atoms with van der Waals surface area (Å²) in [5.41, 5.74) is 0.581. The first-order valence-corrected chi connectivity index (χ1v) is 7.19. The minimum Gasteiger partial charge on any atom is -0.481 e. The Labute approximate surface area is 107 Å². The maximum Gasteiger partial charge on any atom is 0.310 e. The van der Waals surface area contributed by atoms with Gasteiger partial charge in [-0.15, -0.1) is 0 Å². The van der Waals surface area contributed by atoms with Crippen LogP contribution >= 0.6 is 0 Å². The van der Waals surface area contributed by atoms with Crippen LogP contribution in [0.2, 0.25) is 0 Å². The average Bonchev–Trinajstić information content (AvgIpc) is 2.35. The normalized spacial score (nSPS) is 13.2. The molecule has 6 heteroatoms. The lowest BCUT2D eigenvalue weighted by Gasteiger charge is -2.09. The van der Waals surface area contributed by atoms with Crippen molar-refractivity contribution in [3.8, 4) is 0 Å². The van der Waals surface area contributed by atoms with Gasteiger partial charge in [0.2, 0.25) is 10.0 Å². The number of carboxylic acids is 1. The molecular weight excluding hydrogens is 254 g/mol. The molecule has 1 aromatic rings. The van der Waals surface area contributed by atoms with Gasteiger partial charge in [-0.3, -0.25) is 4.79 Å². The Kier molecular flexibility index (Phi) is 4.86. The zero-order chi connectivity index (χ0) is 13.8. The molecule has 0 fully saturated rings. The third-order valence-corrected chi connectivity index (χ3v) is 4.08. The molecule has 0 aromatic heterocycles. The van der Waals surface area contributed by atoms with E-state index in [1.54, 1.807) is 6.92 Å². The molecule has 0 radical (unpaired) electrons. The van der Waals surface area contributed by atoms with Gasteiger partial charge >= 0.3 is 5.97 Å². The Morgan fingerprint density at radius 1 is 1.33 bits per heavy atom. The molecule has 100 valence electrons. The zero-order valence-corrected chi connectivity index (χ0v) is 11.2. The monoisotopic (exact) mass is 271 g/mol. The Bertz CT molecular complexity index is 507. The average molecular weight is 271 g/mol. The molecule has 18 heavy (non-hydrogen) atoms. The molecule has 0 aliphatic rings. The van der Waals surface area contributed by atoms with E-state index >= 15 is 0 Å². The van der Waals surface area contributed by atoms with Crippen LogP contribution in [-0.2, 0) is 14.8 Å². The second-order valence-corrected chi connectivity index (χ2v) is 5.79. The van der Waals surface area contributed by atoms with E-state index in [2.05, 4.69) is 4.72 Å². The zero-order valence-electron chi connectivity index (χ0n) is 10.4. The molecule has 1 unspecified atom stereocenters. The van der Waals surface area contributed by atoms with E-state index in [0.717, 1.165) is 0 Å². The van der Waals surface area contributed by atoms with Crippen molar-refractivity contribution in [2.75, 3.05) is 6.54 Å². The van der Waals surface area contributed by atoms with Gasteiger partial charge in [0.1, 0.15) is 0 Å². The highest BCUT2D eigenvalue weighted by atomic mass is 32.2. The SMILES string of the molecule is CCCNS(=O)(=O)c1ccc(C(C)C(=O)O)cc1. The van der Waals surface area contributed by atoms with Crippen LogP contribution in [0.5, 0.6) is 0 Å². The second-order valence-electron chi connectivity index (χ2n) is 4.03. The van der Waals surface area contributed by atoms with Crippen LogP contribution in [0.25, 0.3) is 0 Å². The first kappa shape index (κ1) is 14.7. The fourth-order valence-electron chi connectivity index (χ4n) is 1.40. The van der Waals surface area contributed by atoms with Gasteiger partial charge in [-0.25, -0.2) is 13.1 Å². The molecular formula is C12H17NO4S. The highest BCUT2D eigenvalue weighted by molar-refractivity contribution is 7.89. The highest BCUT2D eigenvalue weighted by Gasteiger charge is 2.16. The van der Waals surface area contributed by atoms with Crippen molar-refractivity contribution in [2.45, 2.75) is 31.1 Å². The standard InChI is InChI=1S/C12H17NO4S/c1-3-8-13-18(16,17)11-6-4-10(5-7-11)9(2)12(14)15/h4-7,9,13H,3,8H2,1-2H3,(H,14,15). The predicted molar refractivity (Wildman–Crippen MR) is 68.0 cm³/mol. The van der Waals surface area contributed by atoms with Crippen LogP contribution in [0.1, 0.15) is 31.7 Å². The molecule has 0 aliphatic heterocycles. The molecule has 0 saturated heterocycles. The molecule has 0 spiro atoms. The van der Waals surface area contributed by atoms with Crippen LogP contribution in [0.4, 0.5) is 0 Å². The second kappa shape index (κ2) is 5.97. The molecule has 1 aromatic carbocycles. The highest BCUT2D eigenvalue weighted by Crippen LogP contribution is 2.18. The number of rotatable bonds is 6. The molecule has 0 aliphatic carbocycles. The van der Waals surface area contributed by atoms with Crippen LogP contribution < -0.4 is 4.72 Å². The summed E-state index contributed by atoms with van der Waals surface area (Å²) in [5, 5.41) is 8.85. The van der Waals surface area contributed by atoms with Crippen LogP contribution in [0, 0.1) is 0 Å². The van der Waals surface area contributed by atoms with Crippen molar-refractivity contribution in [3.05, 3.63) is 29.8 Å². The van der Waals surface area contributed by atoms with Crippen LogP contribution in [0.3, 0.4) is 0 Å². The Morgan fingerprint density at radius 3 is 2.33 bits per heavy atom. The summed E-state index contributed by atoms with van der Waals surface area (Å²) in [6.45, 7) is 3.82. The third kappa shape index (κ3) is 3.54. The summed E-state index contributed by atoms with van der Waals surface area (Å²) < 4.78 is 26.0. The molecule has 5 nitrogen and oxygen atoms in total. The van der Waals surface area contributed by atoms with E-state index in [9.17, 15) is 13.2 Å². The van der Waals surface area contributed by atoms with Crippen molar-refractivity contribution in [1.29, 1.82) is 0 Å². The quantitative estimate of drug-likeness (QED) is 0.822. The summed E-state index contributed by atoms with van der Waals surface area (Å²) in [6.07, 6.45) is 0.716. The van der Waals surface area contributed by atoms with Crippen molar-refractivity contribution < 1.29 is 18.3 Å². The fourth-order valence-corrected chi connectivity index (χ4v) is 2.53. The van der Waals surface area contributed by atoms with E-state index in [-0.39, 0.29) is 4.90 Å². The molecule has 0 amide bonds. The van der Waals surface area contributed by atoms with E-state index < -0.39 is 21.9 Å². The van der Waals surface area contributed by atoms with Crippen molar-refractivity contribution in [2.24, 2.45) is 0 Å². The van der Waals surface area contributed by atoms with Gasteiger partial charge in [-0.2, -0.15) is 0 Å². The van der Waals surface area contributed by atoms with Gasteiger partial charge in [0, 0.05) is 6.54 Å². The van der Waals surface area contributed by atoms with Crippen molar-refractivity contribution >= 4 is 16.0 Å². The van der Waals surface area contributed by atoms with Gasteiger partial charge in [-0.1, -0.05) is 19.1 Å². The number of benzene rings is 1. The Hall–Kier alpha value is -1.40. The van der Waals surface area contributed by atoms with Crippen molar-refractivity contribution in [3.63, 3.8) is 0 Å². The summed E-state index contributed by atoms with van der Waals surface area (Å²) in [4.78, 5) is 10.9. The lowest BCUT2D eigenvalue weighted by atomic mass is 10.0. The molecule has 0 heterocycles. The smallest absolute Gasteiger partial charge is 0.310 e. The Morgan fingerprint density at radius 2 is 1.89 bits per heavy atom. The van der Waals surface area contributed by atoms with Gasteiger partial charge in [-0.05, 0) is 31.0 Å². The number of hydrogen-bond acceptors (Lipinski definition) is 3. The largest absolute Gasteiger partial charge is 0.481 e. The van der Waals surface area contributed by atoms with E-state index in [4.69, 9.17) is 5.11 Å². The van der Waals surface area contributed by atoms with Crippen LogP contribution in [-0.4, -0.2) is 26.0 Å². The topological polar surface area (TPSA) is 83.5 Å². The summed E-state index contributed by atoms with van der Waals surface area (Å²) in [6, 6.07) is 5.90. The molecule has 1 atom stereocenters. The minimum absolute atomic E-state index is 0.150. The van der Waals surface area contributed by atoms with Crippen LogP contribution in [0.15, 0.2) is 29.2 Å². The van der Waals surface area contributed by atoms with Gasteiger partial charge in [0.25, 0.3) is 0 Å². The third-order valence-electron chi connectivity index (χ3n) is 2.60. The molecule has 0 saturated carbocycles. The van der Waals surface area contributed by atoms with Gasteiger partial charge in [0.15, 0.2) is 0 Å². The number of carboxylic acid groups (broad SMARTS) is 1. The first-order valence-electron chi connectivity index (χ1n) is 5.71. The molecule has 1 rings (SSSR count). The number of hydrogen-bond donors (Lipinski definition) is 2. The van der Waals surface area contributed by atoms with Gasteiger partial charge in [0.05, 0.1) is 10.8 Å². The lowest BCUT2D eigenvalue weighted by Crippen LogP contribution is -2.24. The fraction of sp³-hybridized carbons (Fsp3) is 0.417. The summed E-state index contributed by atoms with van der Waals surface area (Å²) in [7, 11) is -3.48. The summed E-state index contributed by atoms with van der Waals surface area (Å²) in [5.74, 6) is -1.58.